The van der Waals surface area contributed by atoms with Crippen molar-refractivity contribution in [1.29, 1.82) is 0 Å². The summed E-state index contributed by atoms with van der Waals surface area (Å²) < 4.78 is 1.07. The molecule has 0 fully saturated rings. The molecule has 18 heavy (non-hydrogen) atoms. The Morgan fingerprint density at radius 1 is 1.22 bits per heavy atom. The van der Waals surface area contributed by atoms with E-state index >= 15 is 0 Å². The molecule has 0 spiro atoms. The molecule has 0 saturated heterocycles. The number of carboxylic acids is 1. The van der Waals surface area contributed by atoms with Crippen molar-refractivity contribution in [2.24, 2.45) is 0 Å². The van der Waals surface area contributed by atoms with Gasteiger partial charge in [-0.05, 0) is 18.6 Å². The lowest BCUT2D eigenvalue weighted by atomic mass is 10.1. The molecule has 0 atom stereocenters. The van der Waals surface area contributed by atoms with Gasteiger partial charge in [0.15, 0.2) is 0 Å². The zero-order valence-corrected chi connectivity index (χ0v) is 10.6. The lowest BCUT2D eigenvalue weighted by Crippen LogP contribution is -2.04. The molecule has 2 rings (SSSR count). The highest BCUT2D eigenvalue weighted by Gasteiger charge is 2.09. The Hall–Kier alpha value is -1.75. The van der Waals surface area contributed by atoms with E-state index in [9.17, 15) is 9.59 Å². The van der Waals surface area contributed by atoms with Gasteiger partial charge in [-0.1, -0.05) is 12.1 Å². The van der Waals surface area contributed by atoms with Crippen LogP contribution in [0.15, 0.2) is 24.3 Å². The van der Waals surface area contributed by atoms with Crippen LogP contribution in [0.3, 0.4) is 0 Å². The van der Waals surface area contributed by atoms with Gasteiger partial charge in [0, 0.05) is 12.8 Å². The lowest BCUT2D eigenvalue weighted by Gasteiger charge is -1.96. The van der Waals surface area contributed by atoms with Crippen LogP contribution in [0.4, 0.5) is 0 Å². The topological polar surface area (TPSA) is 67.3 Å². The number of carbonyl (C=O) groups excluding carboxylic acids is 1. The SMILES string of the molecule is O=C(O)CCCC(=O)Cc1nc2ccccc2s1. The van der Waals surface area contributed by atoms with Gasteiger partial charge in [-0.2, -0.15) is 0 Å². The third kappa shape index (κ3) is 3.37. The predicted molar refractivity (Wildman–Crippen MR) is 69.8 cm³/mol. The zero-order chi connectivity index (χ0) is 13.0. The summed E-state index contributed by atoms with van der Waals surface area (Å²) in [6, 6.07) is 7.76. The number of carbonyl (C=O) groups is 2. The minimum absolute atomic E-state index is 0.0472. The van der Waals surface area contributed by atoms with Crippen molar-refractivity contribution >= 4 is 33.3 Å². The van der Waals surface area contributed by atoms with E-state index < -0.39 is 5.97 Å². The lowest BCUT2D eigenvalue weighted by molar-refractivity contribution is -0.137. The molecule has 1 aromatic heterocycles. The summed E-state index contributed by atoms with van der Waals surface area (Å²) in [6.07, 6.45) is 1.06. The largest absolute Gasteiger partial charge is 0.481 e. The second-order valence-electron chi connectivity index (χ2n) is 4.04. The van der Waals surface area contributed by atoms with Crippen LogP contribution in [-0.4, -0.2) is 21.8 Å². The third-order valence-corrected chi connectivity index (χ3v) is 3.57. The van der Waals surface area contributed by atoms with E-state index in [0.29, 0.717) is 19.3 Å². The summed E-state index contributed by atoms with van der Waals surface area (Å²) >= 11 is 1.52. The van der Waals surface area contributed by atoms with Gasteiger partial charge in [0.1, 0.15) is 10.8 Å². The minimum atomic E-state index is -0.859. The Morgan fingerprint density at radius 3 is 2.72 bits per heavy atom. The van der Waals surface area contributed by atoms with Crippen LogP contribution in [0.25, 0.3) is 10.2 Å². The zero-order valence-electron chi connectivity index (χ0n) is 9.76. The number of rotatable bonds is 6. The summed E-state index contributed by atoms with van der Waals surface area (Å²) in [6.45, 7) is 0. The van der Waals surface area contributed by atoms with E-state index in [1.165, 1.54) is 11.3 Å². The highest BCUT2D eigenvalue weighted by Crippen LogP contribution is 2.22. The van der Waals surface area contributed by atoms with Crippen LogP contribution in [-0.2, 0) is 16.0 Å². The molecule has 5 heteroatoms. The number of thiazole rings is 1. The second-order valence-corrected chi connectivity index (χ2v) is 5.15. The average Bonchev–Trinajstić information content (AvgIpc) is 2.70. The third-order valence-electron chi connectivity index (χ3n) is 2.53. The van der Waals surface area contributed by atoms with Crippen molar-refractivity contribution in [1.82, 2.24) is 4.98 Å². The number of benzene rings is 1. The number of carboxylic acid groups (broad SMARTS) is 1. The van der Waals surface area contributed by atoms with Crippen LogP contribution >= 0.6 is 11.3 Å². The molecule has 1 aromatic carbocycles. The maximum atomic E-state index is 11.6. The van der Waals surface area contributed by atoms with Crippen LogP contribution in [0.1, 0.15) is 24.3 Å². The minimum Gasteiger partial charge on any atom is -0.481 e. The summed E-state index contributed by atoms with van der Waals surface area (Å²) in [4.78, 5) is 26.4. The van der Waals surface area contributed by atoms with Crippen LogP contribution < -0.4 is 0 Å². The molecule has 0 amide bonds. The van der Waals surface area contributed by atoms with E-state index in [4.69, 9.17) is 5.11 Å². The first kappa shape index (κ1) is 12.7. The number of Topliss-reactive ketones (excluding diaryl/α,β-unsaturated/α-hetero) is 1. The van der Waals surface area contributed by atoms with Gasteiger partial charge in [0.25, 0.3) is 0 Å². The number of fused-ring (bicyclic) bond motifs is 1. The van der Waals surface area contributed by atoms with E-state index in [1.54, 1.807) is 0 Å². The maximum absolute atomic E-state index is 11.6. The first-order valence-electron chi connectivity index (χ1n) is 5.73. The molecule has 0 bridgehead atoms. The molecular weight excluding hydrogens is 250 g/mol. The fraction of sp³-hybridized carbons (Fsp3) is 0.308. The van der Waals surface area contributed by atoms with Gasteiger partial charge in [-0.25, -0.2) is 4.98 Å². The van der Waals surface area contributed by atoms with E-state index in [-0.39, 0.29) is 12.2 Å². The summed E-state index contributed by atoms with van der Waals surface area (Å²) in [5, 5.41) is 9.29. The van der Waals surface area contributed by atoms with Gasteiger partial charge in [0.05, 0.1) is 16.6 Å². The molecule has 0 aliphatic rings. The number of nitrogens with zero attached hydrogens (tertiary/aromatic N) is 1. The first-order chi connectivity index (χ1) is 8.65. The molecule has 0 aliphatic carbocycles. The molecule has 0 unspecified atom stereocenters. The average molecular weight is 263 g/mol. The quantitative estimate of drug-likeness (QED) is 0.870. The van der Waals surface area contributed by atoms with Crippen molar-refractivity contribution < 1.29 is 14.7 Å². The molecule has 2 aromatic rings. The summed E-state index contributed by atoms with van der Waals surface area (Å²) in [5.74, 6) is -0.807. The number of ketones is 1. The van der Waals surface area contributed by atoms with Gasteiger partial charge in [0.2, 0.25) is 0 Å². The number of hydrogen-bond donors (Lipinski definition) is 1. The van der Waals surface area contributed by atoms with Crippen molar-refractivity contribution in [2.45, 2.75) is 25.7 Å². The van der Waals surface area contributed by atoms with Gasteiger partial charge < -0.3 is 5.11 Å². The highest BCUT2D eigenvalue weighted by molar-refractivity contribution is 7.18. The van der Waals surface area contributed by atoms with E-state index in [0.717, 1.165) is 15.2 Å². The fourth-order valence-corrected chi connectivity index (χ4v) is 2.69. The molecule has 0 saturated carbocycles. The predicted octanol–water partition coefficient (Wildman–Crippen LogP) is 2.66. The highest BCUT2D eigenvalue weighted by atomic mass is 32.1. The smallest absolute Gasteiger partial charge is 0.303 e. The fourth-order valence-electron chi connectivity index (χ4n) is 1.69. The summed E-state index contributed by atoms with van der Waals surface area (Å²) in [7, 11) is 0. The molecule has 94 valence electrons. The molecule has 1 heterocycles. The molecule has 1 N–H and O–H groups in total. The van der Waals surface area contributed by atoms with Crippen molar-refractivity contribution in [3.63, 3.8) is 0 Å². The van der Waals surface area contributed by atoms with Crippen molar-refractivity contribution in [3.05, 3.63) is 29.3 Å². The van der Waals surface area contributed by atoms with Gasteiger partial charge >= 0.3 is 5.97 Å². The number of aliphatic carboxylic acids is 1. The number of para-hydroxylation sites is 1. The molecule has 0 radical (unpaired) electrons. The van der Waals surface area contributed by atoms with Crippen LogP contribution in [0.2, 0.25) is 0 Å². The normalized spacial score (nSPS) is 10.7. The molecule has 4 nitrogen and oxygen atoms in total. The van der Waals surface area contributed by atoms with Crippen molar-refractivity contribution in [2.75, 3.05) is 0 Å². The number of hydrogen-bond acceptors (Lipinski definition) is 4. The van der Waals surface area contributed by atoms with Crippen LogP contribution in [0.5, 0.6) is 0 Å². The van der Waals surface area contributed by atoms with Gasteiger partial charge in [-0.3, -0.25) is 9.59 Å². The van der Waals surface area contributed by atoms with Crippen molar-refractivity contribution in [3.8, 4) is 0 Å². The van der Waals surface area contributed by atoms with E-state index in [2.05, 4.69) is 4.98 Å². The monoisotopic (exact) mass is 263 g/mol. The Balaban J connectivity index is 1.92. The Kier molecular flexibility index (Phi) is 4.04. The Labute approximate surface area is 108 Å². The Morgan fingerprint density at radius 2 is 2.00 bits per heavy atom. The summed E-state index contributed by atoms with van der Waals surface area (Å²) in [5.41, 5.74) is 0.913. The maximum Gasteiger partial charge on any atom is 0.303 e. The number of aromatic nitrogens is 1. The molecular formula is C13H13NO3S. The molecule has 0 aliphatic heterocycles. The second kappa shape index (κ2) is 5.73. The first-order valence-corrected chi connectivity index (χ1v) is 6.55. The van der Waals surface area contributed by atoms with E-state index in [1.807, 2.05) is 24.3 Å². The Bertz CT molecular complexity index is 543. The standard InChI is InChI=1S/C13H13NO3S/c15-9(4-3-7-13(16)17)8-12-14-10-5-1-2-6-11(10)18-12/h1-2,5-6H,3-4,7-8H2,(H,16,17). The van der Waals surface area contributed by atoms with Crippen LogP contribution in [0, 0.1) is 0 Å². The van der Waals surface area contributed by atoms with Gasteiger partial charge in [-0.15, -0.1) is 11.3 Å².